The van der Waals surface area contributed by atoms with E-state index in [1.54, 1.807) is 0 Å². The number of hydrogen-bond donors (Lipinski definition) is 1. The second kappa shape index (κ2) is 5.27. The summed E-state index contributed by atoms with van der Waals surface area (Å²) in [6.07, 6.45) is 0.955. The molecule has 1 unspecified atom stereocenters. The fourth-order valence-electron chi connectivity index (χ4n) is 2.13. The lowest BCUT2D eigenvalue weighted by Crippen LogP contribution is -2.18. The maximum atomic E-state index is 5.77. The molecular formula is C13H18BrNO2. The average Bonchev–Trinajstić information content (AvgIpc) is 2.37. The minimum atomic E-state index is 0.331. The van der Waals surface area contributed by atoms with Gasteiger partial charge in [-0.05, 0) is 52.0 Å². The zero-order valence-electron chi connectivity index (χ0n) is 10.3. The first kappa shape index (κ1) is 12.7. The first-order valence-corrected chi connectivity index (χ1v) is 6.79. The van der Waals surface area contributed by atoms with Crippen molar-refractivity contribution in [3.8, 4) is 11.5 Å². The molecule has 0 aromatic heterocycles. The van der Waals surface area contributed by atoms with E-state index >= 15 is 0 Å². The second-order valence-corrected chi connectivity index (χ2v) is 5.07. The normalized spacial score (nSPS) is 15.8. The molecule has 0 aliphatic carbocycles. The van der Waals surface area contributed by atoms with E-state index in [1.165, 1.54) is 11.1 Å². The number of rotatable bonds is 3. The van der Waals surface area contributed by atoms with Gasteiger partial charge in [0.2, 0.25) is 0 Å². The Labute approximate surface area is 110 Å². The molecule has 0 spiro atoms. The van der Waals surface area contributed by atoms with Crippen LogP contribution in [0.15, 0.2) is 10.5 Å². The molecule has 17 heavy (non-hydrogen) atoms. The SMILES string of the molecule is CCc1c(C(C)CN)cc2c(c1Br)OCCO2. The maximum Gasteiger partial charge on any atom is 0.175 e. The molecule has 4 heteroatoms. The van der Waals surface area contributed by atoms with Gasteiger partial charge in [0.25, 0.3) is 0 Å². The minimum absolute atomic E-state index is 0.331. The van der Waals surface area contributed by atoms with Crippen molar-refractivity contribution in [2.45, 2.75) is 26.2 Å². The molecule has 94 valence electrons. The summed E-state index contributed by atoms with van der Waals surface area (Å²) in [5, 5.41) is 0. The fourth-order valence-corrected chi connectivity index (χ4v) is 2.95. The highest BCUT2D eigenvalue weighted by Gasteiger charge is 2.22. The van der Waals surface area contributed by atoms with Gasteiger partial charge in [0.05, 0.1) is 4.47 Å². The molecule has 1 aliphatic heterocycles. The molecule has 0 radical (unpaired) electrons. The molecule has 0 fully saturated rings. The third kappa shape index (κ3) is 2.29. The molecule has 1 aromatic carbocycles. The van der Waals surface area contributed by atoms with Crippen LogP contribution in [-0.2, 0) is 6.42 Å². The maximum absolute atomic E-state index is 5.77. The lowest BCUT2D eigenvalue weighted by atomic mass is 9.93. The summed E-state index contributed by atoms with van der Waals surface area (Å²) < 4.78 is 12.3. The van der Waals surface area contributed by atoms with Gasteiger partial charge in [-0.1, -0.05) is 13.8 Å². The van der Waals surface area contributed by atoms with Gasteiger partial charge in [-0.2, -0.15) is 0 Å². The monoisotopic (exact) mass is 299 g/mol. The third-order valence-electron chi connectivity index (χ3n) is 3.15. The average molecular weight is 300 g/mol. The summed E-state index contributed by atoms with van der Waals surface area (Å²) in [4.78, 5) is 0. The Morgan fingerprint density at radius 3 is 2.76 bits per heavy atom. The number of ether oxygens (including phenoxy) is 2. The van der Waals surface area contributed by atoms with Crippen LogP contribution in [0.1, 0.15) is 30.9 Å². The van der Waals surface area contributed by atoms with Gasteiger partial charge in [-0.3, -0.25) is 0 Å². The summed E-state index contributed by atoms with van der Waals surface area (Å²) in [7, 11) is 0. The molecule has 1 heterocycles. The van der Waals surface area contributed by atoms with Gasteiger partial charge in [-0.15, -0.1) is 0 Å². The van der Waals surface area contributed by atoms with Crippen LogP contribution >= 0.6 is 15.9 Å². The van der Waals surface area contributed by atoms with Crippen molar-refractivity contribution in [3.05, 3.63) is 21.7 Å². The summed E-state index contributed by atoms with van der Waals surface area (Å²) in [5.41, 5.74) is 8.29. The van der Waals surface area contributed by atoms with Crippen LogP contribution in [-0.4, -0.2) is 19.8 Å². The highest BCUT2D eigenvalue weighted by molar-refractivity contribution is 9.10. The van der Waals surface area contributed by atoms with Gasteiger partial charge in [0, 0.05) is 0 Å². The van der Waals surface area contributed by atoms with Crippen LogP contribution in [0.2, 0.25) is 0 Å². The van der Waals surface area contributed by atoms with E-state index in [4.69, 9.17) is 15.2 Å². The molecule has 1 atom stereocenters. The lowest BCUT2D eigenvalue weighted by Gasteiger charge is -2.24. The van der Waals surface area contributed by atoms with Crippen molar-refractivity contribution < 1.29 is 9.47 Å². The van der Waals surface area contributed by atoms with E-state index in [0.717, 1.165) is 22.4 Å². The third-order valence-corrected chi connectivity index (χ3v) is 3.99. The summed E-state index contributed by atoms with van der Waals surface area (Å²) in [6.45, 7) is 6.14. The topological polar surface area (TPSA) is 44.5 Å². The van der Waals surface area contributed by atoms with Gasteiger partial charge < -0.3 is 15.2 Å². The Hall–Kier alpha value is -0.740. The fraction of sp³-hybridized carbons (Fsp3) is 0.538. The Morgan fingerprint density at radius 1 is 1.41 bits per heavy atom. The molecular weight excluding hydrogens is 282 g/mol. The van der Waals surface area contributed by atoms with E-state index in [1.807, 2.05) is 0 Å². The van der Waals surface area contributed by atoms with E-state index < -0.39 is 0 Å². The van der Waals surface area contributed by atoms with Crippen molar-refractivity contribution in [3.63, 3.8) is 0 Å². The van der Waals surface area contributed by atoms with Crippen molar-refractivity contribution in [1.29, 1.82) is 0 Å². The molecule has 2 rings (SSSR count). The number of benzene rings is 1. The largest absolute Gasteiger partial charge is 0.486 e. The van der Waals surface area contributed by atoms with Crippen LogP contribution in [0.4, 0.5) is 0 Å². The van der Waals surface area contributed by atoms with Crippen molar-refractivity contribution >= 4 is 15.9 Å². The van der Waals surface area contributed by atoms with Crippen LogP contribution in [0.25, 0.3) is 0 Å². The first-order valence-electron chi connectivity index (χ1n) is 6.00. The van der Waals surface area contributed by atoms with Gasteiger partial charge >= 0.3 is 0 Å². The number of hydrogen-bond acceptors (Lipinski definition) is 3. The number of fused-ring (bicyclic) bond motifs is 1. The van der Waals surface area contributed by atoms with E-state index in [-0.39, 0.29) is 0 Å². The molecule has 0 amide bonds. The van der Waals surface area contributed by atoms with Gasteiger partial charge in [0.15, 0.2) is 11.5 Å². The van der Waals surface area contributed by atoms with Crippen molar-refractivity contribution in [2.24, 2.45) is 5.73 Å². The number of nitrogens with two attached hydrogens (primary N) is 1. The van der Waals surface area contributed by atoms with E-state index in [2.05, 4.69) is 35.8 Å². The smallest absolute Gasteiger partial charge is 0.175 e. The molecule has 0 bridgehead atoms. The van der Waals surface area contributed by atoms with Crippen LogP contribution in [0, 0.1) is 0 Å². The standard InChI is InChI=1S/C13H18BrNO2/c1-3-9-10(8(2)7-15)6-11-13(12(9)14)17-5-4-16-11/h6,8H,3-5,7,15H2,1-2H3. The van der Waals surface area contributed by atoms with Gasteiger partial charge in [0.1, 0.15) is 13.2 Å². The Bertz CT molecular complexity index is 420. The quantitative estimate of drug-likeness (QED) is 0.933. The van der Waals surface area contributed by atoms with Crippen LogP contribution in [0.5, 0.6) is 11.5 Å². The predicted molar refractivity (Wildman–Crippen MR) is 72.0 cm³/mol. The zero-order chi connectivity index (χ0) is 12.4. The molecule has 2 N–H and O–H groups in total. The van der Waals surface area contributed by atoms with Gasteiger partial charge in [-0.25, -0.2) is 0 Å². The molecule has 3 nitrogen and oxygen atoms in total. The molecule has 0 saturated carbocycles. The highest BCUT2D eigenvalue weighted by atomic mass is 79.9. The van der Waals surface area contributed by atoms with Crippen molar-refractivity contribution in [2.75, 3.05) is 19.8 Å². The van der Waals surface area contributed by atoms with Crippen LogP contribution in [0.3, 0.4) is 0 Å². The Morgan fingerprint density at radius 2 is 2.12 bits per heavy atom. The summed E-state index contributed by atoms with van der Waals surface area (Å²) in [5.74, 6) is 1.99. The molecule has 1 aliphatic rings. The number of halogens is 1. The van der Waals surface area contributed by atoms with Crippen LogP contribution < -0.4 is 15.2 Å². The van der Waals surface area contributed by atoms with E-state index in [0.29, 0.717) is 25.7 Å². The molecule has 1 aromatic rings. The van der Waals surface area contributed by atoms with E-state index in [9.17, 15) is 0 Å². The van der Waals surface area contributed by atoms with Crippen molar-refractivity contribution in [1.82, 2.24) is 0 Å². The first-order chi connectivity index (χ1) is 8.19. The Balaban J connectivity index is 2.55. The lowest BCUT2D eigenvalue weighted by molar-refractivity contribution is 0.170. The Kier molecular flexibility index (Phi) is 3.94. The summed E-state index contributed by atoms with van der Waals surface area (Å²) in [6, 6.07) is 2.08. The molecule has 0 saturated heterocycles. The minimum Gasteiger partial charge on any atom is -0.486 e. The summed E-state index contributed by atoms with van der Waals surface area (Å²) >= 11 is 3.63. The zero-order valence-corrected chi connectivity index (χ0v) is 11.8. The predicted octanol–water partition coefficient (Wildman–Crippen LogP) is 2.84. The second-order valence-electron chi connectivity index (χ2n) is 4.27. The highest BCUT2D eigenvalue weighted by Crippen LogP contribution is 2.43.